The van der Waals surface area contributed by atoms with E-state index in [2.05, 4.69) is 26.8 Å². The van der Waals surface area contributed by atoms with Crippen LogP contribution in [0.4, 0.5) is 15.9 Å². The zero-order valence-corrected chi connectivity index (χ0v) is 18.0. The van der Waals surface area contributed by atoms with E-state index in [0.29, 0.717) is 36.4 Å². The molecule has 1 aliphatic rings. The lowest BCUT2D eigenvalue weighted by Gasteiger charge is -2.48. The third-order valence-electron chi connectivity index (χ3n) is 5.15. The van der Waals surface area contributed by atoms with Gasteiger partial charge >= 0.3 is 0 Å². The molecule has 1 aliphatic heterocycles. The summed E-state index contributed by atoms with van der Waals surface area (Å²) in [5.74, 6) is -0.190. The zero-order chi connectivity index (χ0) is 22.2. The van der Waals surface area contributed by atoms with Gasteiger partial charge in [-0.15, -0.1) is 0 Å². The first-order valence-electron chi connectivity index (χ1n) is 9.48. The van der Waals surface area contributed by atoms with Crippen molar-refractivity contribution in [2.75, 3.05) is 18.4 Å². The van der Waals surface area contributed by atoms with E-state index in [1.165, 1.54) is 24.5 Å². The molecule has 3 aromatic rings. The molecule has 1 amide bonds. The van der Waals surface area contributed by atoms with Crippen molar-refractivity contribution >= 4 is 51.6 Å². The Morgan fingerprint density at radius 2 is 2.10 bits per heavy atom. The molecular weight excluding hydrogens is 444 g/mol. The van der Waals surface area contributed by atoms with Gasteiger partial charge in [-0.05, 0) is 30.7 Å². The number of nitrogens with zero attached hydrogens (tertiary/aromatic N) is 4. The maximum Gasteiger partial charge on any atom is 0.246 e. The Labute approximate surface area is 187 Å². The Morgan fingerprint density at radius 1 is 1.32 bits per heavy atom. The quantitative estimate of drug-likeness (QED) is 0.420. The Morgan fingerprint density at radius 3 is 2.81 bits per heavy atom. The van der Waals surface area contributed by atoms with Crippen LogP contribution in [-0.4, -0.2) is 44.4 Å². The van der Waals surface area contributed by atoms with Gasteiger partial charge < -0.3 is 15.0 Å². The van der Waals surface area contributed by atoms with Crippen LogP contribution in [0.3, 0.4) is 0 Å². The van der Waals surface area contributed by atoms with Crippen molar-refractivity contribution in [2.24, 2.45) is 0 Å². The highest BCUT2D eigenvalue weighted by molar-refractivity contribution is 6.42. The van der Waals surface area contributed by atoms with Gasteiger partial charge in [-0.2, -0.15) is 0 Å². The number of hydrogen-bond acceptors (Lipinski definition) is 6. The maximum absolute atomic E-state index is 14.5. The van der Waals surface area contributed by atoms with Crippen LogP contribution in [0, 0.1) is 5.82 Å². The van der Waals surface area contributed by atoms with Crippen LogP contribution in [0.2, 0.25) is 10.0 Å². The van der Waals surface area contributed by atoms with Gasteiger partial charge in [0.05, 0.1) is 34.3 Å². The number of carbonyl (C=O) groups is 1. The third-order valence-corrected chi connectivity index (χ3v) is 5.94. The number of halogens is 3. The minimum absolute atomic E-state index is 0.102. The molecule has 1 saturated heterocycles. The number of nitrogens with one attached hydrogen (secondary N) is 1. The molecule has 0 bridgehead atoms. The first-order chi connectivity index (χ1) is 14.9. The van der Waals surface area contributed by atoms with Crippen molar-refractivity contribution in [3.05, 3.63) is 59.1 Å². The summed E-state index contributed by atoms with van der Waals surface area (Å²) in [5, 5.41) is 2.82. The lowest BCUT2D eigenvalue weighted by atomic mass is 9.90. The lowest BCUT2D eigenvalue weighted by Crippen LogP contribution is -2.66. The second kappa shape index (κ2) is 8.28. The predicted octanol–water partition coefficient (Wildman–Crippen LogP) is 4.77. The van der Waals surface area contributed by atoms with Crippen molar-refractivity contribution in [1.82, 2.24) is 19.9 Å². The van der Waals surface area contributed by atoms with Gasteiger partial charge in [0.1, 0.15) is 17.4 Å². The average Bonchev–Trinajstić information content (AvgIpc) is 2.76. The Balaban J connectivity index is 1.63. The molecule has 10 heteroatoms. The number of fused-ring (bicyclic) bond motifs is 1. The van der Waals surface area contributed by atoms with Crippen LogP contribution in [0.1, 0.15) is 13.3 Å². The summed E-state index contributed by atoms with van der Waals surface area (Å²) in [5.41, 5.74) is 0.520. The minimum Gasteiger partial charge on any atom is -0.467 e. The van der Waals surface area contributed by atoms with Gasteiger partial charge in [0.2, 0.25) is 11.8 Å². The molecule has 0 spiro atoms. The number of aromatic nitrogens is 3. The van der Waals surface area contributed by atoms with Gasteiger partial charge in [0.15, 0.2) is 11.6 Å². The molecule has 1 fully saturated rings. The normalized spacial score (nSPS) is 14.8. The van der Waals surface area contributed by atoms with Gasteiger partial charge in [-0.3, -0.25) is 4.79 Å². The van der Waals surface area contributed by atoms with E-state index < -0.39 is 11.4 Å². The average molecular weight is 462 g/mol. The lowest BCUT2D eigenvalue weighted by molar-refractivity contribution is -0.146. The topological polar surface area (TPSA) is 80.2 Å². The fourth-order valence-electron chi connectivity index (χ4n) is 3.34. The van der Waals surface area contributed by atoms with E-state index in [9.17, 15) is 9.18 Å². The molecule has 160 valence electrons. The van der Waals surface area contributed by atoms with Crippen molar-refractivity contribution in [3.8, 4) is 5.88 Å². The number of pyridine rings is 1. The summed E-state index contributed by atoms with van der Waals surface area (Å²) in [6.07, 6.45) is 3.32. The highest BCUT2D eigenvalue weighted by Crippen LogP contribution is 2.34. The molecule has 31 heavy (non-hydrogen) atoms. The number of amides is 1. The van der Waals surface area contributed by atoms with Crippen LogP contribution in [-0.2, 0) is 4.79 Å². The monoisotopic (exact) mass is 461 g/mol. The van der Waals surface area contributed by atoms with Crippen LogP contribution in [0.25, 0.3) is 11.0 Å². The van der Waals surface area contributed by atoms with Crippen LogP contribution in [0.5, 0.6) is 5.88 Å². The molecule has 4 rings (SSSR count). The summed E-state index contributed by atoms with van der Waals surface area (Å²) in [6, 6.07) is 6.39. The standard InChI is InChI=1S/C21H18Cl2FN5O2/c1-3-16(30)29-9-21(4-2,10-29)31-15-8-7-14-19(28-15)20(26-11-25-14)27-13-6-5-12(22)17(23)18(13)24/h3,5-8,11H,1,4,9-10H2,2H3,(H,25,26,27). The van der Waals surface area contributed by atoms with Crippen LogP contribution < -0.4 is 10.1 Å². The van der Waals surface area contributed by atoms with Gasteiger partial charge in [-0.1, -0.05) is 36.7 Å². The highest BCUT2D eigenvalue weighted by Gasteiger charge is 2.45. The molecule has 0 radical (unpaired) electrons. The smallest absolute Gasteiger partial charge is 0.246 e. The number of anilines is 2. The molecule has 1 aromatic carbocycles. The molecule has 3 heterocycles. The third kappa shape index (κ3) is 4.00. The van der Waals surface area contributed by atoms with E-state index in [1.54, 1.807) is 17.0 Å². The number of rotatable bonds is 6. The molecule has 2 aromatic heterocycles. The Kier molecular flexibility index (Phi) is 5.68. The molecule has 0 atom stereocenters. The summed E-state index contributed by atoms with van der Waals surface area (Å²) >= 11 is 11.8. The molecule has 7 nitrogen and oxygen atoms in total. The maximum atomic E-state index is 14.5. The van der Waals surface area contributed by atoms with E-state index in [1.807, 2.05) is 6.92 Å². The highest BCUT2D eigenvalue weighted by atomic mass is 35.5. The molecule has 1 N–H and O–H groups in total. The van der Waals surface area contributed by atoms with E-state index >= 15 is 0 Å². The SMILES string of the molecule is C=CC(=O)N1CC(CC)(Oc2ccc3ncnc(Nc4ccc(Cl)c(Cl)c4F)c3n2)C1. The summed E-state index contributed by atoms with van der Waals surface area (Å²) in [7, 11) is 0. The zero-order valence-electron chi connectivity index (χ0n) is 16.5. The first-order valence-corrected chi connectivity index (χ1v) is 10.2. The summed E-state index contributed by atoms with van der Waals surface area (Å²) in [4.78, 5) is 26.4. The minimum atomic E-state index is -0.695. The second-order valence-corrected chi connectivity index (χ2v) is 7.91. The van der Waals surface area contributed by atoms with E-state index in [4.69, 9.17) is 27.9 Å². The first kappa shape index (κ1) is 21.3. The van der Waals surface area contributed by atoms with Crippen molar-refractivity contribution in [1.29, 1.82) is 0 Å². The molecule has 0 unspecified atom stereocenters. The van der Waals surface area contributed by atoms with Crippen molar-refractivity contribution in [3.63, 3.8) is 0 Å². The molecular formula is C21H18Cl2FN5O2. The van der Waals surface area contributed by atoms with Crippen LogP contribution in [0.15, 0.2) is 43.2 Å². The second-order valence-electron chi connectivity index (χ2n) is 7.12. The Bertz CT molecular complexity index is 1180. The van der Waals surface area contributed by atoms with Gasteiger partial charge in [0, 0.05) is 6.07 Å². The number of carbonyl (C=O) groups excluding carboxylic acids is 1. The van der Waals surface area contributed by atoms with Crippen molar-refractivity contribution < 1.29 is 13.9 Å². The van der Waals surface area contributed by atoms with Crippen molar-refractivity contribution in [2.45, 2.75) is 18.9 Å². The number of ether oxygens (including phenoxy) is 1. The van der Waals surface area contributed by atoms with Crippen LogP contribution >= 0.6 is 23.2 Å². The summed E-state index contributed by atoms with van der Waals surface area (Å²) < 4.78 is 20.6. The molecule has 0 saturated carbocycles. The molecule has 0 aliphatic carbocycles. The number of benzene rings is 1. The van der Waals surface area contributed by atoms with E-state index in [0.717, 1.165) is 0 Å². The predicted molar refractivity (Wildman–Crippen MR) is 117 cm³/mol. The van der Waals surface area contributed by atoms with Gasteiger partial charge in [-0.25, -0.2) is 19.3 Å². The Hall–Kier alpha value is -2.97. The number of likely N-dealkylation sites (tertiary alicyclic amines) is 1. The fraction of sp³-hybridized carbons (Fsp3) is 0.238. The largest absolute Gasteiger partial charge is 0.467 e. The fourth-order valence-corrected chi connectivity index (χ4v) is 3.65. The number of hydrogen-bond donors (Lipinski definition) is 1. The van der Waals surface area contributed by atoms with Gasteiger partial charge in [0.25, 0.3) is 0 Å². The van der Waals surface area contributed by atoms with E-state index in [-0.39, 0.29) is 27.5 Å². The summed E-state index contributed by atoms with van der Waals surface area (Å²) in [6.45, 7) is 6.38.